The number of nitrogens with zero attached hydrogens (tertiary/aromatic N) is 1. The molecule has 5 aliphatic rings. The second-order valence-electron chi connectivity index (χ2n) is 9.45. The van der Waals surface area contributed by atoms with E-state index in [2.05, 4.69) is 5.32 Å². The lowest BCUT2D eigenvalue weighted by molar-refractivity contribution is -0.159. The summed E-state index contributed by atoms with van der Waals surface area (Å²) in [4.78, 5) is 38.6. The van der Waals surface area contributed by atoms with Crippen LogP contribution in [-0.4, -0.2) is 47.4 Å². The summed E-state index contributed by atoms with van der Waals surface area (Å²) in [5.41, 5.74) is -0.0761. The van der Waals surface area contributed by atoms with Gasteiger partial charge in [0.2, 0.25) is 5.91 Å². The van der Waals surface area contributed by atoms with Gasteiger partial charge in [-0.25, -0.2) is 0 Å². The Morgan fingerprint density at radius 3 is 2.37 bits per heavy atom. The fourth-order valence-electron chi connectivity index (χ4n) is 6.28. The molecule has 1 saturated heterocycles. The van der Waals surface area contributed by atoms with Crippen LogP contribution in [0.15, 0.2) is 0 Å². The third kappa shape index (κ3) is 4.14. The average molecular weight is 376 g/mol. The number of carbonyl (C=O) groups is 3. The van der Waals surface area contributed by atoms with Gasteiger partial charge in [-0.05, 0) is 76.0 Å². The Morgan fingerprint density at radius 2 is 1.74 bits per heavy atom. The van der Waals surface area contributed by atoms with E-state index in [0.29, 0.717) is 13.0 Å². The SMILES string of the molecule is C[C@H](OC(=O)CN1CCCCCC1=O)C(=O)NC12CC3CC(CC(C3)C1)C2. The van der Waals surface area contributed by atoms with Crippen LogP contribution in [-0.2, 0) is 19.1 Å². The molecule has 0 radical (unpaired) electrons. The highest BCUT2D eigenvalue weighted by atomic mass is 16.5. The van der Waals surface area contributed by atoms with Crippen LogP contribution in [0.3, 0.4) is 0 Å². The number of nitrogens with one attached hydrogen (secondary N) is 1. The molecule has 4 bridgehead atoms. The van der Waals surface area contributed by atoms with Crippen molar-refractivity contribution in [2.75, 3.05) is 13.1 Å². The Kier molecular flexibility index (Phi) is 5.17. The molecule has 150 valence electrons. The number of esters is 1. The molecule has 1 N–H and O–H groups in total. The zero-order valence-electron chi connectivity index (χ0n) is 16.4. The summed E-state index contributed by atoms with van der Waals surface area (Å²) in [6.07, 6.45) is 9.70. The first-order chi connectivity index (χ1) is 12.9. The highest BCUT2D eigenvalue weighted by molar-refractivity contribution is 5.86. The predicted molar refractivity (Wildman–Crippen MR) is 99.6 cm³/mol. The van der Waals surface area contributed by atoms with Gasteiger partial charge in [-0.3, -0.25) is 14.4 Å². The Labute approximate surface area is 161 Å². The highest BCUT2D eigenvalue weighted by Gasteiger charge is 2.51. The van der Waals surface area contributed by atoms with Crippen LogP contribution < -0.4 is 5.32 Å². The maximum atomic E-state index is 12.7. The van der Waals surface area contributed by atoms with Crippen molar-refractivity contribution in [1.29, 1.82) is 0 Å². The van der Waals surface area contributed by atoms with Crippen LogP contribution in [0.4, 0.5) is 0 Å². The molecule has 4 aliphatic carbocycles. The third-order valence-corrected chi connectivity index (χ3v) is 7.10. The van der Waals surface area contributed by atoms with Crippen LogP contribution in [0.25, 0.3) is 0 Å². The summed E-state index contributed by atoms with van der Waals surface area (Å²) in [7, 11) is 0. The highest BCUT2D eigenvalue weighted by Crippen LogP contribution is 2.55. The molecule has 0 spiro atoms. The molecule has 1 aliphatic heterocycles. The molecule has 0 aromatic heterocycles. The number of likely N-dealkylation sites (tertiary alicyclic amines) is 1. The minimum atomic E-state index is -0.812. The van der Waals surface area contributed by atoms with E-state index in [-0.39, 0.29) is 23.9 Å². The van der Waals surface area contributed by atoms with E-state index < -0.39 is 12.1 Å². The molecular formula is C21H32N2O4. The molecule has 0 aromatic rings. The second-order valence-corrected chi connectivity index (χ2v) is 9.45. The van der Waals surface area contributed by atoms with E-state index in [1.807, 2.05) is 0 Å². The maximum absolute atomic E-state index is 12.7. The summed E-state index contributed by atoms with van der Waals surface area (Å²) in [5, 5.41) is 3.26. The summed E-state index contributed by atoms with van der Waals surface area (Å²) >= 11 is 0. The Morgan fingerprint density at radius 1 is 1.11 bits per heavy atom. The molecule has 27 heavy (non-hydrogen) atoms. The van der Waals surface area contributed by atoms with Crippen molar-refractivity contribution in [1.82, 2.24) is 10.2 Å². The van der Waals surface area contributed by atoms with Gasteiger partial charge in [0.05, 0.1) is 0 Å². The van der Waals surface area contributed by atoms with E-state index in [1.54, 1.807) is 11.8 Å². The van der Waals surface area contributed by atoms with Gasteiger partial charge in [0.25, 0.3) is 5.91 Å². The van der Waals surface area contributed by atoms with Crippen molar-refractivity contribution in [3.05, 3.63) is 0 Å². The number of carbonyl (C=O) groups excluding carboxylic acids is 3. The zero-order chi connectivity index (χ0) is 19.0. The Hall–Kier alpha value is -1.59. The number of hydrogen-bond acceptors (Lipinski definition) is 4. The molecule has 2 amide bonds. The summed E-state index contributed by atoms with van der Waals surface area (Å²) < 4.78 is 5.37. The molecule has 6 heteroatoms. The standard InChI is InChI=1S/C21H32N2O4/c1-14(27-19(25)13-23-6-4-2-3-5-18(23)24)20(26)22-21-10-15-7-16(11-21)9-17(8-15)12-21/h14-17H,2-13H2,1H3,(H,22,26)/t14-,15?,16?,17?,21?/m0/s1. The molecule has 4 saturated carbocycles. The number of ether oxygens (including phenoxy) is 1. The fourth-order valence-corrected chi connectivity index (χ4v) is 6.28. The predicted octanol–water partition coefficient (Wildman–Crippen LogP) is 2.41. The molecule has 1 atom stereocenters. The third-order valence-electron chi connectivity index (χ3n) is 7.10. The normalized spacial score (nSPS) is 36.3. The summed E-state index contributed by atoms with van der Waals surface area (Å²) in [6, 6.07) is 0. The van der Waals surface area contributed by atoms with Crippen LogP contribution in [0.1, 0.15) is 71.1 Å². The molecule has 0 aromatic carbocycles. The molecule has 5 fully saturated rings. The van der Waals surface area contributed by atoms with Crippen LogP contribution >= 0.6 is 0 Å². The van der Waals surface area contributed by atoms with Crippen LogP contribution in [0, 0.1) is 17.8 Å². The van der Waals surface area contributed by atoms with Crippen molar-refractivity contribution in [3.63, 3.8) is 0 Å². The van der Waals surface area contributed by atoms with Gasteiger partial charge in [0, 0.05) is 18.5 Å². The van der Waals surface area contributed by atoms with E-state index in [4.69, 9.17) is 4.74 Å². The van der Waals surface area contributed by atoms with E-state index >= 15 is 0 Å². The molecule has 6 nitrogen and oxygen atoms in total. The first-order valence-electron chi connectivity index (χ1n) is 10.7. The largest absolute Gasteiger partial charge is 0.451 e. The average Bonchev–Trinajstić information content (AvgIpc) is 2.77. The van der Waals surface area contributed by atoms with E-state index in [0.717, 1.165) is 56.3 Å². The van der Waals surface area contributed by atoms with Gasteiger partial charge < -0.3 is 15.0 Å². The first-order valence-corrected chi connectivity index (χ1v) is 10.7. The summed E-state index contributed by atoms with van der Waals surface area (Å²) in [6.45, 7) is 2.19. The van der Waals surface area contributed by atoms with Crippen LogP contribution in [0.2, 0.25) is 0 Å². The zero-order valence-corrected chi connectivity index (χ0v) is 16.4. The van der Waals surface area contributed by atoms with Gasteiger partial charge in [-0.15, -0.1) is 0 Å². The lowest BCUT2D eigenvalue weighted by atomic mass is 9.53. The number of amides is 2. The quantitative estimate of drug-likeness (QED) is 0.748. The van der Waals surface area contributed by atoms with Gasteiger partial charge >= 0.3 is 5.97 Å². The second kappa shape index (κ2) is 7.44. The number of hydrogen-bond donors (Lipinski definition) is 1. The van der Waals surface area contributed by atoms with E-state index in [9.17, 15) is 14.4 Å². The molecule has 0 unspecified atom stereocenters. The van der Waals surface area contributed by atoms with Gasteiger partial charge in [0.15, 0.2) is 6.10 Å². The van der Waals surface area contributed by atoms with Crippen molar-refractivity contribution in [2.24, 2.45) is 17.8 Å². The smallest absolute Gasteiger partial charge is 0.326 e. The topological polar surface area (TPSA) is 75.7 Å². The first kappa shape index (κ1) is 18.8. The molecular weight excluding hydrogens is 344 g/mol. The van der Waals surface area contributed by atoms with Crippen molar-refractivity contribution in [2.45, 2.75) is 82.8 Å². The van der Waals surface area contributed by atoms with Crippen molar-refractivity contribution < 1.29 is 19.1 Å². The maximum Gasteiger partial charge on any atom is 0.326 e. The lowest BCUT2D eigenvalue weighted by Crippen LogP contribution is -2.61. The van der Waals surface area contributed by atoms with Crippen molar-refractivity contribution >= 4 is 17.8 Å². The van der Waals surface area contributed by atoms with Crippen molar-refractivity contribution in [3.8, 4) is 0 Å². The minimum Gasteiger partial charge on any atom is -0.451 e. The lowest BCUT2D eigenvalue weighted by Gasteiger charge is -2.57. The van der Waals surface area contributed by atoms with Gasteiger partial charge in [-0.1, -0.05) is 6.42 Å². The van der Waals surface area contributed by atoms with Gasteiger partial charge in [0.1, 0.15) is 6.54 Å². The molecule has 5 rings (SSSR count). The van der Waals surface area contributed by atoms with Crippen LogP contribution in [0.5, 0.6) is 0 Å². The fraction of sp³-hybridized carbons (Fsp3) is 0.857. The summed E-state index contributed by atoms with van der Waals surface area (Å²) in [5.74, 6) is 1.59. The Balaban J connectivity index is 1.29. The Bertz CT molecular complexity index is 582. The minimum absolute atomic E-state index is 0.00937. The monoisotopic (exact) mass is 376 g/mol. The molecule has 1 heterocycles. The van der Waals surface area contributed by atoms with Gasteiger partial charge in [-0.2, -0.15) is 0 Å². The van der Waals surface area contributed by atoms with E-state index in [1.165, 1.54) is 19.3 Å². The number of rotatable bonds is 5.